The van der Waals surface area contributed by atoms with E-state index >= 15 is 0 Å². The third-order valence-corrected chi connectivity index (χ3v) is 4.30. The van der Waals surface area contributed by atoms with Gasteiger partial charge in [-0.15, -0.1) is 11.3 Å². The Kier molecular flexibility index (Phi) is 4.86. The van der Waals surface area contributed by atoms with Gasteiger partial charge in [0.15, 0.2) is 5.13 Å². The minimum Gasteiger partial charge on any atom is -0.497 e. The molecule has 0 amide bonds. The van der Waals surface area contributed by atoms with Gasteiger partial charge in [0.1, 0.15) is 17.2 Å². The van der Waals surface area contributed by atoms with Crippen LogP contribution in [-0.4, -0.2) is 26.3 Å². The molecule has 0 aliphatic carbocycles. The zero-order valence-electron chi connectivity index (χ0n) is 13.7. The van der Waals surface area contributed by atoms with Crippen LogP contribution in [0.1, 0.15) is 0 Å². The van der Waals surface area contributed by atoms with E-state index in [9.17, 15) is 0 Å². The summed E-state index contributed by atoms with van der Waals surface area (Å²) in [4.78, 5) is 4.65. The summed E-state index contributed by atoms with van der Waals surface area (Å²) in [6, 6.07) is 13.4. The van der Waals surface area contributed by atoms with Gasteiger partial charge in [-0.3, -0.25) is 0 Å². The van der Waals surface area contributed by atoms with Crippen molar-refractivity contribution in [3.8, 4) is 28.5 Å². The minimum atomic E-state index is 0.725. The standard InChI is InChI=1S/C18H18N2O3S/c1-21-12-8-9-13(17(10-12)23-3)15-11-24-18(20-15)19-14-6-4-5-7-16(14)22-2/h4-11H,1-3H3,(H,19,20). The summed E-state index contributed by atoms with van der Waals surface area (Å²) in [5.74, 6) is 2.25. The number of anilines is 2. The number of rotatable bonds is 6. The molecule has 5 nitrogen and oxygen atoms in total. The Balaban J connectivity index is 1.88. The number of nitrogens with zero attached hydrogens (tertiary/aromatic N) is 1. The molecule has 0 saturated heterocycles. The Morgan fingerprint density at radius 3 is 2.46 bits per heavy atom. The Bertz CT molecular complexity index is 833. The van der Waals surface area contributed by atoms with Crippen molar-refractivity contribution in [2.45, 2.75) is 0 Å². The van der Waals surface area contributed by atoms with Gasteiger partial charge in [0.2, 0.25) is 0 Å². The van der Waals surface area contributed by atoms with E-state index in [2.05, 4.69) is 10.3 Å². The maximum absolute atomic E-state index is 5.45. The third kappa shape index (κ3) is 3.28. The quantitative estimate of drug-likeness (QED) is 0.710. The smallest absolute Gasteiger partial charge is 0.187 e. The van der Waals surface area contributed by atoms with E-state index in [1.54, 1.807) is 21.3 Å². The van der Waals surface area contributed by atoms with Crippen LogP contribution < -0.4 is 19.5 Å². The molecule has 0 radical (unpaired) electrons. The molecule has 0 aliphatic rings. The number of hydrogen-bond donors (Lipinski definition) is 1. The summed E-state index contributed by atoms with van der Waals surface area (Å²) in [6.07, 6.45) is 0. The van der Waals surface area contributed by atoms with E-state index < -0.39 is 0 Å². The Morgan fingerprint density at radius 2 is 1.71 bits per heavy atom. The van der Waals surface area contributed by atoms with E-state index in [0.717, 1.165) is 39.3 Å². The van der Waals surface area contributed by atoms with E-state index in [1.165, 1.54) is 11.3 Å². The van der Waals surface area contributed by atoms with Crippen molar-refractivity contribution in [1.29, 1.82) is 0 Å². The molecule has 3 rings (SSSR count). The van der Waals surface area contributed by atoms with Crippen LogP contribution in [0.25, 0.3) is 11.3 Å². The highest BCUT2D eigenvalue weighted by molar-refractivity contribution is 7.14. The number of aromatic nitrogens is 1. The molecule has 124 valence electrons. The maximum Gasteiger partial charge on any atom is 0.187 e. The van der Waals surface area contributed by atoms with Crippen molar-refractivity contribution in [2.24, 2.45) is 0 Å². The molecule has 0 fully saturated rings. The maximum atomic E-state index is 5.45. The molecule has 0 bridgehead atoms. The van der Waals surface area contributed by atoms with Crippen LogP contribution in [-0.2, 0) is 0 Å². The lowest BCUT2D eigenvalue weighted by Gasteiger charge is -2.09. The van der Waals surface area contributed by atoms with Gasteiger partial charge >= 0.3 is 0 Å². The third-order valence-electron chi connectivity index (χ3n) is 3.54. The van der Waals surface area contributed by atoms with Gasteiger partial charge in [-0.2, -0.15) is 0 Å². The van der Waals surface area contributed by atoms with Gasteiger partial charge < -0.3 is 19.5 Å². The highest BCUT2D eigenvalue weighted by Crippen LogP contribution is 2.36. The van der Waals surface area contributed by atoms with E-state index in [-0.39, 0.29) is 0 Å². The molecule has 24 heavy (non-hydrogen) atoms. The number of ether oxygens (including phenoxy) is 3. The zero-order chi connectivity index (χ0) is 16.9. The lowest BCUT2D eigenvalue weighted by atomic mass is 10.1. The molecule has 0 unspecified atom stereocenters. The predicted octanol–water partition coefficient (Wildman–Crippen LogP) is 4.58. The number of benzene rings is 2. The van der Waals surface area contributed by atoms with Gasteiger partial charge in [0, 0.05) is 17.0 Å². The molecular formula is C18H18N2O3S. The first-order chi connectivity index (χ1) is 11.7. The topological polar surface area (TPSA) is 52.6 Å². The fourth-order valence-electron chi connectivity index (χ4n) is 2.33. The molecule has 0 saturated carbocycles. The van der Waals surface area contributed by atoms with Gasteiger partial charge in [-0.1, -0.05) is 12.1 Å². The van der Waals surface area contributed by atoms with Crippen molar-refractivity contribution in [1.82, 2.24) is 4.98 Å². The SMILES string of the molecule is COc1ccc(-c2csc(Nc3ccccc3OC)n2)c(OC)c1. The Hall–Kier alpha value is -2.73. The molecule has 2 aromatic carbocycles. The lowest BCUT2D eigenvalue weighted by Crippen LogP contribution is -1.94. The van der Waals surface area contributed by atoms with Crippen LogP contribution in [0.5, 0.6) is 17.2 Å². The van der Waals surface area contributed by atoms with Gasteiger partial charge in [0.25, 0.3) is 0 Å². The summed E-state index contributed by atoms with van der Waals surface area (Å²) in [5, 5.41) is 6.06. The second-order valence-corrected chi connectivity index (χ2v) is 5.79. The lowest BCUT2D eigenvalue weighted by molar-refractivity contribution is 0.395. The minimum absolute atomic E-state index is 0.725. The second kappa shape index (κ2) is 7.23. The van der Waals surface area contributed by atoms with Crippen molar-refractivity contribution >= 4 is 22.2 Å². The highest BCUT2D eigenvalue weighted by Gasteiger charge is 2.12. The van der Waals surface area contributed by atoms with E-state index in [0.29, 0.717) is 0 Å². The van der Waals surface area contributed by atoms with Gasteiger partial charge in [-0.25, -0.2) is 4.98 Å². The first-order valence-electron chi connectivity index (χ1n) is 7.33. The van der Waals surface area contributed by atoms with Gasteiger partial charge in [-0.05, 0) is 24.3 Å². The molecule has 0 spiro atoms. The molecular weight excluding hydrogens is 324 g/mol. The summed E-state index contributed by atoms with van der Waals surface area (Å²) >= 11 is 1.52. The normalized spacial score (nSPS) is 10.3. The summed E-state index contributed by atoms with van der Waals surface area (Å²) in [6.45, 7) is 0. The number of nitrogens with one attached hydrogen (secondary N) is 1. The van der Waals surface area contributed by atoms with Crippen molar-refractivity contribution in [3.63, 3.8) is 0 Å². The van der Waals surface area contributed by atoms with Crippen molar-refractivity contribution in [2.75, 3.05) is 26.6 Å². The number of methoxy groups -OCH3 is 3. The molecule has 3 aromatic rings. The molecule has 0 aliphatic heterocycles. The van der Waals surface area contributed by atoms with E-state index in [1.807, 2.05) is 47.8 Å². The van der Waals surface area contributed by atoms with Crippen LogP contribution in [0, 0.1) is 0 Å². The molecule has 0 atom stereocenters. The van der Waals surface area contributed by atoms with E-state index in [4.69, 9.17) is 14.2 Å². The zero-order valence-corrected chi connectivity index (χ0v) is 14.5. The van der Waals surface area contributed by atoms with Crippen LogP contribution >= 0.6 is 11.3 Å². The fourth-order valence-corrected chi connectivity index (χ4v) is 3.05. The average molecular weight is 342 g/mol. The van der Waals surface area contributed by atoms with Crippen LogP contribution in [0.4, 0.5) is 10.8 Å². The summed E-state index contributed by atoms with van der Waals surface area (Å²) < 4.78 is 16.0. The van der Waals surface area contributed by atoms with Crippen LogP contribution in [0.3, 0.4) is 0 Å². The number of thiazole rings is 1. The van der Waals surface area contributed by atoms with Gasteiger partial charge in [0.05, 0.1) is 32.7 Å². The Morgan fingerprint density at radius 1 is 0.917 bits per heavy atom. The molecule has 1 heterocycles. The fraction of sp³-hybridized carbons (Fsp3) is 0.167. The monoisotopic (exact) mass is 342 g/mol. The molecule has 1 N–H and O–H groups in total. The van der Waals surface area contributed by atoms with Crippen molar-refractivity contribution < 1.29 is 14.2 Å². The summed E-state index contributed by atoms with van der Waals surface area (Å²) in [5.41, 5.74) is 2.64. The largest absolute Gasteiger partial charge is 0.497 e. The molecule has 6 heteroatoms. The van der Waals surface area contributed by atoms with Crippen LogP contribution in [0.15, 0.2) is 47.8 Å². The average Bonchev–Trinajstić information content (AvgIpc) is 3.09. The predicted molar refractivity (Wildman–Crippen MR) is 96.9 cm³/mol. The first kappa shape index (κ1) is 16.1. The first-order valence-corrected chi connectivity index (χ1v) is 8.21. The Labute approximate surface area is 144 Å². The summed E-state index contributed by atoms with van der Waals surface area (Å²) in [7, 11) is 4.92. The highest BCUT2D eigenvalue weighted by atomic mass is 32.1. The van der Waals surface area contributed by atoms with Crippen molar-refractivity contribution in [3.05, 3.63) is 47.8 Å². The molecule has 1 aromatic heterocycles. The number of hydrogen-bond acceptors (Lipinski definition) is 6. The van der Waals surface area contributed by atoms with Crippen LogP contribution in [0.2, 0.25) is 0 Å². The second-order valence-electron chi connectivity index (χ2n) is 4.93. The number of para-hydroxylation sites is 2.